The Morgan fingerprint density at radius 3 is 2.46 bits per heavy atom. The van der Waals surface area contributed by atoms with E-state index in [1.807, 2.05) is 0 Å². The van der Waals surface area contributed by atoms with Gasteiger partial charge in [-0.25, -0.2) is 4.39 Å². The van der Waals surface area contributed by atoms with Crippen LogP contribution in [0.15, 0.2) is 30.3 Å². The minimum Gasteiger partial charge on any atom is -0.508 e. The summed E-state index contributed by atoms with van der Waals surface area (Å²) < 4.78 is 12.5. The maximum absolute atomic E-state index is 12.5. The van der Waals surface area contributed by atoms with Crippen molar-refractivity contribution >= 4 is 5.76 Å². The van der Waals surface area contributed by atoms with Gasteiger partial charge in [0.15, 0.2) is 0 Å². The molecular weight excluding hydrogens is 169 g/mol. The molecule has 0 saturated carbocycles. The molecule has 0 heterocycles. The number of nitrogens with two attached hydrogens (primary N) is 1. The highest BCUT2D eigenvalue weighted by atomic mass is 19.1. The molecule has 2 nitrogen and oxygen atoms in total. The summed E-state index contributed by atoms with van der Waals surface area (Å²) in [4.78, 5) is 0. The van der Waals surface area contributed by atoms with Gasteiger partial charge in [0, 0.05) is 11.6 Å². The van der Waals surface area contributed by atoms with Crippen LogP contribution in [0.1, 0.15) is 12.5 Å². The van der Waals surface area contributed by atoms with Crippen LogP contribution in [-0.2, 0) is 0 Å². The van der Waals surface area contributed by atoms with E-state index in [0.717, 1.165) is 0 Å². The van der Waals surface area contributed by atoms with Gasteiger partial charge in [0.25, 0.3) is 0 Å². The predicted molar refractivity (Wildman–Crippen MR) is 50.7 cm³/mol. The van der Waals surface area contributed by atoms with E-state index in [1.165, 1.54) is 30.3 Å². The molecule has 70 valence electrons. The van der Waals surface area contributed by atoms with Crippen LogP contribution in [0, 0.1) is 5.82 Å². The third-order valence-corrected chi connectivity index (χ3v) is 1.56. The molecule has 1 aromatic rings. The molecule has 0 radical (unpaired) electrons. The van der Waals surface area contributed by atoms with Crippen molar-refractivity contribution < 1.29 is 9.50 Å². The van der Waals surface area contributed by atoms with Crippen molar-refractivity contribution in [1.82, 2.24) is 0 Å². The van der Waals surface area contributed by atoms with Crippen LogP contribution in [0.4, 0.5) is 4.39 Å². The molecule has 3 heteroatoms. The van der Waals surface area contributed by atoms with Gasteiger partial charge in [0.05, 0.1) is 0 Å². The van der Waals surface area contributed by atoms with E-state index < -0.39 is 0 Å². The summed E-state index contributed by atoms with van der Waals surface area (Å²) in [5.74, 6) is -0.243. The number of aliphatic hydroxyl groups excluding tert-OH is 1. The number of halogens is 1. The van der Waals surface area contributed by atoms with Gasteiger partial charge < -0.3 is 10.8 Å². The minimum atomic E-state index is -0.322. The van der Waals surface area contributed by atoms with E-state index in [9.17, 15) is 9.50 Å². The lowest BCUT2D eigenvalue weighted by Crippen LogP contribution is -2.11. The van der Waals surface area contributed by atoms with E-state index in [0.29, 0.717) is 5.56 Å². The Morgan fingerprint density at radius 2 is 2.00 bits per heavy atom. The Balaban J connectivity index is 2.89. The number of benzene rings is 1. The van der Waals surface area contributed by atoms with Crippen molar-refractivity contribution in [2.45, 2.75) is 13.0 Å². The lowest BCUT2D eigenvalue weighted by molar-refractivity contribution is 0.507. The zero-order chi connectivity index (χ0) is 9.84. The zero-order valence-electron chi connectivity index (χ0n) is 7.37. The van der Waals surface area contributed by atoms with Crippen LogP contribution >= 0.6 is 0 Å². The van der Waals surface area contributed by atoms with Gasteiger partial charge in [0.2, 0.25) is 0 Å². The number of hydrogen-bond donors (Lipinski definition) is 2. The summed E-state index contributed by atoms with van der Waals surface area (Å²) in [5, 5.41) is 9.44. The van der Waals surface area contributed by atoms with Gasteiger partial charge >= 0.3 is 0 Å². The highest BCUT2D eigenvalue weighted by Gasteiger charge is 1.99. The first-order chi connectivity index (χ1) is 6.09. The van der Waals surface area contributed by atoms with Gasteiger partial charge in [-0.05, 0) is 37.3 Å². The molecule has 1 atom stereocenters. The zero-order valence-corrected chi connectivity index (χ0v) is 7.37. The van der Waals surface area contributed by atoms with Gasteiger partial charge in [-0.3, -0.25) is 0 Å². The van der Waals surface area contributed by atoms with E-state index >= 15 is 0 Å². The summed E-state index contributed by atoms with van der Waals surface area (Å²) in [6.07, 6.45) is 1.51. The molecule has 3 N–H and O–H groups in total. The maximum Gasteiger partial charge on any atom is 0.123 e. The highest BCUT2D eigenvalue weighted by molar-refractivity contribution is 5.58. The van der Waals surface area contributed by atoms with Crippen molar-refractivity contribution in [2.24, 2.45) is 5.73 Å². The number of rotatable bonds is 2. The van der Waals surface area contributed by atoms with Crippen molar-refractivity contribution in [3.8, 4) is 0 Å². The fourth-order valence-corrected chi connectivity index (χ4v) is 0.966. The minimum absolute atomic E-state index is 0.0787. The molecule has 0 fully saturated rings. The molecular formula is C10H12FNO. The van der Waals surface area contributed by atoms with Crippen molar-refractivity contribution in [3.05, 3.63) is 41.7 Å². The summed E-state index contributed by atoms with van der Waals surface area (Å²) >= 11 is 0. The molecule has 0 amide bonds. The average Bonchev–Trinajstić information content (AvgIpc) is 2.04. The summed E-state index contributed by atoms with van der Waals surface area (Å²) in [6.45, 7) is 1.75. The number of aliphatic hydroxyl groups is 1. The monoisotopic (exact) mass is 181 g/mol. The quantitative estimate of drug-likeness (QED) is 0.686. The third-order valence-electron chi connectivity index (χ3n) is 1.56. The summed E-state index contributed by atoms with van der Waals surface area (Å²) in [5.41, 5.74) is 6.02. The third kappa shape index (κ3) is 2.87. The van der Waals surface area contributed by atoms with Crippen LogP contribution in [0.5, 0.6) is 0 Å². The molecule has 0 bridgehead atoms. The highest BCUT2D eigenvalue weighted by Crippen LogP contribution is 2.11. The van der Waals surface area contributed by atoms with Gasteiger partial charge in [-0.1, -0.05) is 0 Å². The Bertz CT molecular complexity index is 303. The summed E-state index contributed by atoms with van der Waals surface area (Å²) in [7, 11) is 0. The van der Waals surface area contributed by atoms with E-state index in [-0.39, 0.29) is 17.6 Å². The van der Waals surface area contributed by atoms with Gasteiger partial charge in [0.1, 0.15) is 11.6 Å². The maximum atomic E-state index is 12.5. The molecule has 1 rings (SSSR count). The second-order valence-electron chi connectivity index (χ2n) is 2.92. The van der Waals surface area contributed by atoms with E-state index in [4.69, 9.17) is 5.73 Å². The lowest BCUT2D eigenvalue weighted by Gasteiger charge is -2.01. The second-order valence-corrected chi connectivity index (χ2v) is 2.92. The van der Waals surface area contributed by atoms with Crippen LogP contribution < -0.4 is 5.73 Å². The van der Waals surface area contributed by atoms with E-state index in [2.05, 4.69) is 0 Å². The first-order valence-corrected chi connectivity index (χ1v) is 4.02. The fourth-order valence-electron chi connectivity index (χ4n) is 0.966. The fraction of sp³-hybridized carbons (Fsp3) is 0.200. The largest absolute Gasteiger partial charge is 0.508 e. The Morgan fingerprint density at radius 1 is 1.46 bits per heavy atom. The average molecular weight is 181 g/mol. The van der Waals surface area contributed by atoms with Crippen LogP contribution in [-0.4, -0.2) is 11.1 Å². The van der Waals surface area contributed by atoms with Gasteiger partial charge in [-0.2, -0.15) is 0 Å². The van der Waals surface area contributed by atoms with Crippen LogP contribution in [0.2, 0.25) is 0 Å². The molecule has 0 aliphatic heterocycles. The SMILES string of the molecule is CC(N)/C=C(\O)c1ccc(F)cc1. The molecule has 0 aliphatic rings. The van der Waals surface area contributed by atoms with Crippen molar-refractivity contribution in [1.29, 1.82) is 0 Å². The smallest absolute Gasteiger partial charge is 0.123 e. The van der Waals surface area contributed by atoms with Crippen molar-refractivity contribution in [2.75, 3.05) is 0 Å². The normalized spacial score (nSPS) is 14.2. The summed E-state index contributed by atoms with van der Waals surface area (Å²) in [6, 6.07) is 5.37. The molecule has 1 aromatic carbocycles. The van der Waals surface area contributed by atoms with Crippen LogP contribution in [0.25, 0.3) is 5.76 Å². The Hall–Kier alpha value is -1.35. The molecule has 0 aromatic heterocycles. The van der Waals surface area contributed by atoms with Crippen molar-refractivity contribution in [3.63, 3.8) is 0 Å². The molecule has 0 saturated heterocycles. The van der Waals surface area contributed by atoms with Gasteiger partial charge in [-0.15, -0.1) is 0 Å². The standard InChI is InChI=1S/C10H12FNO/c1-7(12)6-10(13)8-2-4-9(11)5-3-8/h2-7,13H,12H2,1H3/b10-6-. The Labute approximate surface area is 76.5 Å². The number of hydrogen-bond acceptors (Lipinski definition) is 2. The first-order valence-electron chi connectivity index (χ1n) is 4.02. The topological polar surface area (TPSA) is 46.2 Å². The van der Waals surface area contributed by atoms with E-state index in [1.54, 1.807) is 6.92 Å². The lowest BCUT2D eigenvalue weighted by atomic mass is 10.1. The van der Waals surface area contributed by atoms with Crippen LogP contribution in [0.3, 0.4) is 0 Å². The molecule has 1 unspecified atom stereocenters. The molecule has 0 aliphatic carbocycles. The molecule has 0 spiro atoms. The molecule has 13 heavy (non-hydrogen) atoms. The second kappa shape index (κ2) is 4.05. The Kier molecular flexibility index (Phi) is 3.03. The first kappa shape index (κ1) is 9.74. The predicted octanol–water partition coefficient (Wildman–Crippen LogP) is 2.07.